The number of nitrogens with one attached hydrogen (secondary N) is 1. The monoisotopic (exact) mass is 255 g/mol. The number of aryl methyl sites for hydroxylation is 1. The molecule has 0 saturated heterocycles. The predicted octanol–water partition coefficient (Wildman–Crippen LogP) is 3.61. The molecule has 0 aliphatic rings. The Morgan fingerprint density at radius 1 is 1.17 bits per heavy atom. The number of nitrogens with zero attached hydrogens (tertiary/aromatic N) is 2. The second kappa shape index (κ2) is 4.74. The minimum absolute atomic E-state index is 0.722. The van der Waals surface area contributed by atoms with E-state index in [1.165, 1.54) is 10.3 Å². The lowest BCUT2D eigenvalue weighted by Crippen LogP contribution is -2.01. The van der Waals surface area contributed by atoms with E-state index >= 15 is 0 Å². The van der Waals surface area contributed by atoms with E-state index in [1.807, 2.05) is 30.6 Å². The summed E-state index contributed by atoms with van der Waals surface area (Å²) in [6.07, 6.45) is 3.73. The second-order valence-electron chi connectivity index (χ2n) is 4.10. The third-order valence-corrected chi connectivity index (χ3v) is 3.66. The van der Waals surface area contributed by atoms with Crippen LogP contribution in [0.4, 0.5) is 5.82 Å². The summed E-state index contributed by atoms with van der Waals surface area (Å²) >= 11 is 1.71. The predicted molar refractivity (Wildman–Crippen MR) is 75.9 cm³/mol. The number of hydrogen-bond donors (Lipinski definition) is 1. The van der Waals surface area contributed by atoms with Crippen molar-refractivity contribution in [2.24, 2.45) is 0 Å². The van der Waals surface area contributed by atoms with Gasteiger partial charge in [0.05, 0.1) is 6.54 Å². The molecule has 0 unspecified atom stereocenters. The smallest absolute Gasteiger partial charge is 0.134 e. The maximum Gasteiger partial charge on any atom is 0.134 e. The molecule has 0 spiro atoms. The lowest BCUT2D eigenvalue weighted by atomic mass is 10.1. The average Bonchev–Trinajstić information content (AvgIpc) is 2.82. The average molecular weight is 255 g/mol. The summed E-state index contributed by atoms with van der Waals surface area (Å²) in [4.78, 5) is 9.97. The fourth-order valence-electron chi connectivity index (χ4n) is 1.90. The van der Waals surface area contributed by atoms with E-state index in [1.54, 1.807) is 11.3 Å². The number of benzene rings is 1. The van der Waals surface area contributed by atoms with Crippen molar-refractivity contribution in [1.29, 1.82) is 0 Å². The molecule has 2 aromatic heterocycles. The Morgan fingerprint density at radius 3 is 2.89 bits per heavy atom. The van der Waals surface area contributed by atoms with Crippen LogP contribution in [0.1, 0.15) is 9.88 Å². The Bertz CT molecular complexity index is 670. The standard InChI is InChI=1S/C14H13N3S/c1-10-8-16-13(18-10)9-17-14-12-5-3-2-4-11(12)6-7-15-14/h2-8H,9H2,1H3,(H,15,17). The highest BCUT2D eigenvalue weighted by Gasteiger charge is 2.03. The molecule has 0 radical (unpaired) electrons. The SMILES string of the molecule is Cc1cnc(CNc2nccc3ccccc23)s1. The molecule has 0 saturated carbocycles. The Balaban J connectivity index is 1.86. The normalized spacial score (nSPS) is 10.7. The Kier molecular flexibility index (Phi) is 2.94. The number of thiazole rings is 1. The summed E-state index contributed by atoms with van der Waals surface area (Å²) in [5.74, 6) is 0.918. The van der Waals surface area contributed by atoms with Crippen LogP contribution in [0.5, 0.6) is 0 Å². The van der Waals surface area contributed by atoms with Crippen LogP contribution in [0.15, 0.2) is 42.7 Å². The van der Waals surface area contributed by atoms with Crippen molar-refractivity contribution in [3.8, 4) is 0 Å². The summed E-state index contributed by atoms with van der Waals surface area (Å²) in [6.45, 7) is 2.79. The minimum Gasteiger partial charge on any atom is -0.363 e. The first-order valence-corrected chi connectivity index (χ1v) is 6.63. The van der Waals surface area contributed by atoms with Crippen LogP contribution in [-0.2, 0) is 6.54 Å². The molecule has 0 fully saturated rings. The zero-order valence-corrected chi connectivity index (χ0v) is 10.9. The van der Waals surface area contributed by atoms with Crippen molar-refractivity contribution < 1.29 is 0 Å². The minimum atomic E-state index is 0.722. The third-order valence-electron chi connectivity index (χ3n) is 2.75. The van der Waals surface area contributed by atoms with E-state index in [-0.39, 0.29) is 0 Å². The highest BCUT2D eigenvalue weighted by Crippen LogP contribution is 2.21. The Labute approximate surface area is 110 Å². The van der Waals surface area contributed by atoms with E-state index in [9.17, 15) is 0 Å². The second-order valence-corrected chi connectivity index (χ2v) is 5.42. The molecular weight excluding hydrogens is 242 g/mol. The van der Waals surface area contributed by atoms with Crippen LogP contribution in [-0.4, -0.2) is 9.97 Å². The maximum absolute atomic E-state index is 4.39. The van der Waals surface area contributed by atoms with Crippen molar-refractivity contribution in [2.45, 2.75) is 13.5 Å². The largest absolute Gasteiger partial charge is 0.363 e. The summed E-state index contributed by atoms with van der Waals surface area (Å²) in [5.41, 5.74) is 0. The number of fused-ring (bicyclic) bond motifs is 1. The first-order chi connectivity index (χ1) is 8.83. The lowest BCUT2D eigenvalue weighted by molar-refractivity contribution is 1.08. The zero-order valence-electron chi connectivity index (χ0n) is 10.1. The van der Waals surface area contributed by atoms with Crippen LogP contribution < -0.4 is 5.32 Å². The molecule has 0 aliphatic heterocycles. The summed E-state index contributed by atoms with van der Waals surface area (Å²) < 4.78 is 0. The zero-order chi connectivity index (χ0) is 12.4. The van der Waals surface area contributed by atoms with Crippen molar-refractivity contribution >= 4 is 27.9 Å². The van der Waals surface area contributed by atoms with E-state index < -0.39 is 0 Å². The van der Waals surface area contributed by atoms with Crippen LogP contribution in [0.3, 0.4) is 0 Å². The molecule has 0 aliphatic carbocycles. The fourth-order valence-corrected chi connectivity index (χ4v) is 2.63. The molecule has 0 bridgehead atoms. The van der Waals surface area contributed by atoms with Gasteiger partial charge in [0.2, 0.25) is 0 Å². The van der Waals surface area contributed by atoms with Gasteiger partial charge in [0, 0.05) is 22.7 Å². The van der Waals surface area contributed by atoms with Gasteiger partial charge in [-0.3, -0.25) is 0 Å². The van der Waals surface area contributed by atoms with Gasteiger partial charge in [-0.1, -0.05) is 24.3 Å². The molecule has 3 aromatic rings. The van der Waals surface area contributed by atoms with Gasteiger partial charge in [-0.15, -0.1) is 11.3 Å². The van der Waals surface area contributed by atoms with Crippen LogP contribution in [0, 0.1) is 6.92 Å². The number of pyridine rings is 1. The van der Waals surface area contributed by atoms with Crippen LogP contribution in [0.2, 0.25) is 0 Å². The third kappa shape index (κ3) is 2.19. The van der Waals surface area contributed by atoms with E-state index in [2.05, 4.69) is 34.3 Å². The van der Waals surface area contributed by atoms with Gasteiger partial charge >= 0.3 is 0 Å². The highest BCUT2D eigenvalue weighted by atomic mass is 32.1. The van der Waals surface area contributed by atoms with Crippen LogP contribution >= 0.6 is 11.3 Å². The Hall–Kier alpha value is -1.94. The number of rotatable bonds is 3. The van der Waals surface area contributed by atoms with Crippen molar-refractivity contribution in [3.63, 3.8) is 0 Å². The van der Waals surface area contributed by atoms with Gasteiger partial charge < -0.3 is 5.32 Å². The van der Waals surface area contributed by atoms with Gasteiger partial charge in [-0.2, -0.15) is 0 Å². The van der Waals surface area contributed by atoms with E-state index in [0.717, 1.165) is 22.8 Å². The van der Waals surface area contributed by atoms with Crippen LogP contribution in [0.25, 0.3) is 10.8 Å². The molecule has 0 atom stereocenters. The molecule has 0 amide bonds. The number of hydrogen-bond acceptors (Lipinski definition) is 4. The van der Waals surface area contributed by atoms with E-state index in [0.29, 0.717) is 0 Å². The molecule has 3 nitrogen and oxygen atoms in total. The fraction of sp³-hybridized carbons (Fsp3) is 0.143. The molecular formula is C14H13N3S. The van der Waals surface area contributed by atoms with Gasteiger partial charge in [0.15, 0.2) is 0 Å². The van der Waals surface area contributed by atoms with Gasteiger partial charge in [-0.25, -0.2) is 9.97 Å². The van der Waals surface area contributed by atoms with Gasteiger partial charge in [0.1, 0.15) is 10.8 Å². The molecule has 2 heterocycles. The van der Waals surface area contributed by atoms with Gasteiger partial charge in [0.25, 0.3) is 0 Å². The molecule has 1 aromatic carbocycles. The molecule has 3 rings (SSSR count). The van der Waals surface area contributed by atoms with Gasteiger partial charge in [-0.05, 0) is 18.4 Å². The molecule has 4 heteroatoms. The summed E-state index contributed by atoms with van der Waals surface area (Å²) in [5, 5.41) is 6.79. The molecule has 90 valence electrons. The topological polar surface area (TPSA) is 37.8 Å². The quantitative estimate of drug-likeness (QED) is 0.777. The van der Waals surface area contributed by atoms with Crippen molar-refractivity contribution in [1.82, 2.24) is 9.97 Å². The molecule has 18 heavy (non-hydrogen) atoms. The van der Waals surface area contributed by atoms with E-state index in [4.69, 9.17) is 0 Å². The highest BCUT2D eigenvalue weighted by molar-refractivity contribution is 7.11. The summed E-state index contributed by atoms with van der Waals surface area (Å²) in [7, 11) is 0. The maximum atomic E-state index is 4.39. The first kappa shape index (κ1) is 11.2. The van der Waals surface area contributed by atoms with Crippen molar-refractivity contribution in [3.05, 3.63) is 52.6 Å². The summed E-state index contributed by atoms with van der Waals surface area (Å²) in [6, 6.07) is 10.3. The molecule has 1 N–H and O–H groups in total. The number of anilines is 1. The number of aromatic nitrogens is 2. The lowest BCUT2D eigenvalue weighted by Gasteiger charge is -2.06. The van der Waals surface area contributed by atoms with Crippen molar-refractivity contribution in [2.75, 3.05) is 5.32 Å². The first-order valence-electron chi connectivity index (χ1n) is 5.82. The Morgan fingerprint density at radius 2 is 2.06 bits per heavy atom.